The van der Waals surface area contributed by atoms with Gasteiger partial charge in [-0.05, 0) is 23.5 Å². The van der Waals surface area contributed by atoms with Crippen molar-refractivity contribution in [3.63, 3.8) is 0 Å². The zero-order valence-corrected chi connectivity index (χ0v) is 12.7. The molecule has 0 aliphatic carbocycles. The van der Waals surface area contributed by atoms with Crippen LogP contribution in [0, 0.1) is 5.92 Å². The van der Waals surface area contributed by atoms with E-state index in [-0.39, 0.29) is 0 Å². The Morgan fingerprint density at radius 3 is 2.44 bits per heavy atom. The monoisotopic (exact) mass is 311 g/mol. The molecule has 2 N–H and O–H groups in total. The summed E-state index contributed by atoms with van der Waals surface area (Å²) < 4.78 is 0.891. The largest absolute Gasteiger partial charge is 0.387 e. The molecule has 0 bridgehead atoms. The molecule has 1 unspecified atom stereocenters. The molecule has 0 radical (unpaired) electrons. The summed E-state index contributed by atoms with van der Waals surface area (Å²) in [5.74, 6) is 0.660. The van der Waals surface area contributed by atoms with Crippen LogP contribution in [-0.4, -0.2) is 18.2 Å². The van der Waals surface area contributed by atoms with Crippen LogP contribution in [0.3, 0.4) is 0 Å². The van der Waals surface area contributed by atoms with E-state index in [0.29, 0.717) is 19.0 Å². The van der Waals surface area contributed by atoms with Gasteiger partial charge in [-0.3, -0.25) is 0 Å². The molecule has 18 heavy (non-hydrogen) atoms. The lowest BCUT2D eigenvalue weighted by molar-refractivity contribution is 0.176. The molecule has 0 fully saturated rings. The molecule has 3 heteroatoms. The minimum absolute atomic E-state index is 0.468. The molecular formula is C15H22BrNO. The van der Waals surface area contributed by atoms with Gasteiger partial charge < -0.3 is 10.4 Å². The second-order valence-electron chi connectivity index (χ2n) is 5.00. The van der Waals surface area contributed by atoms with E-state index in [1.54, 1.807) is 0 Å². The molecule has 0 amide bonds. The maximum atomic E-state index is 10.00. The highest BCUT2D eigenvalue weighted by Gasteiger charge is 2.07. The van der Waals surface area contributed by atoms with Gasteiger partial charge in [0.25, 0.3) is 0 Å². The Hall–Kier alpha value is -0.640. The first-order valence-electron chi connectivity index (χ1n) is 6.30. The van der Waals surface area contributed by atoms with E-state index < -0.39 is 6.10 Å². The quantitative estimate of drug-likeness (QED) is 0.808. The van der Waals surface area contributed by atoms with Crippen molar-refractivity contribution >= 4 is 15.9 Å². The molecule has 1 rings (SSSR count). The zero-order chi connectivity index (χ0) is 13.5. The number of nitrogens with one attached hydrogen (secondary N) is 1. The van der Waals surface area contributed by atoms with E-state index in [2.05, 4.69) is 53.8 Å². The minimum Gasteiger partial charge on any atom is -0.387 e. The standard InChI is InChI=1S/C15H22BrNO/c1-11(2)8-13-4-6-14(7-5-13)15(18)10-17-9-12(3)16/h4-7,11,15,17-18H,3,8-10H2,1-2H3. The van der Waals surface area contributed by atoms with Crippen LogP contribution in [0.15, 0.2) is 35.3 Å². The third kappa shape index (κ3) is 5.80. The van der Waals surface area contributed by atoms with Crippen LogP contribution >= 0.6 is 15.9 Å². The molecule has 100 valence electrons. The fourth-order valence-corrected chi connectivity index (χ4v) is 2.01. The van der Waals surface area contributed by atoms with E-state index in [4.69, 9.17) is 0 Å². The fourth-order valence-electron chi connectivity index (χ4n) is 1.81. The molecule has 2 nitrogen and oxygen atoms in total. The average Bonchev–Trinajstić information content (AvgIpc) is 2.28. The maximum Gasteiger partial charge on any atom is 0.0914 e. The van der Waals surface area contributed by atoms with E-state index in [1.807, 2.05) is 12.1 Å². The van der Waals surface area contributed by atoms with Crippen molar-refractivity contribution < 1.29 is 5.11 Å². The van der Waals surface area contributed by atoms with Crippen molar-refractivity contribution in [3.05, 3.63) is 46.5 Å². The Morgan fingerprint density at radius 2 is 1.94 bits per heavy atom. The number of halogens is 1. The molecular weight excluding hydrogens is 290 g/mol. The Labute approximate surface area is 118 Å². The summed E-state index contributed by atoms with van der Waals surface area (Å²) in [7, 11) is 0. The maximum absolute atomic E-state index is 10.00. The lowest BCUT2D eigenvalue weighted by Gasteiger charge is -2.13. The number of aliphatic hydroxyl groups is 1. The first kappa shape index (κ1) is 15.4. The predicted molar refractivity (Wildman–Crippen MR) is 80.9 cm³/mol. The molecule has 0 saturated heterocycles. The summed E-state index contributed by atoms with van der Waals surface area (Å²) in [6, 6.07) is 8.21. The summed E-state index contributed by atoms with van der Waals surface area (Å²) in [6.07, 6.45) is 0.614. The Kier molecular flexibility index (Phi) is 6.61. The lowest BCUT2D eigenvalue weighted by atomic mass is 10.0. The Morgan fingerprint density at radius 1 is 1.33 bits per heavy atom. The van der Waals surface area contributed by atoms with E-state index >= 15 is 0 Å². The predicted octanol–water partition coefficient (Wildman–Crippen LogP) is 3.42. The molecule has 0 heterocycles. The molecule has 1 aromatic carbocycles. The van der Waals surface area contributed by atoms with Crippen molar-refractivity contribution in [1.82, 2.24) is 5.32 Å². The SMILES string of the molecule is C=C(Br)CNCC(O)c1ccc(CC(C)C)cc1. The van der Waals surface area contributed by atoms with Crippen molar-refractivity contribution in [1.29, 1.82) is 0 Å². The molecule has 1 aromatic rings. The zero-order valence-electron chi connectivity index (χ0n) is 11.1. The van der Waals surface area contributed by atoms with Gasteiger partial charge in [-0.15, -0.1) is 0 Å². The third-order valence-corrected chi connectivity index (χ3v) is 2.94. The van der Waals surface area contributed by atoms with Gasteiger partial charge in [0.15, 0.2) is 0 Å². The minimum atomic E-state index is -0.468. The summed E-state index contributed by atoms with van der Waals surface area (Å²) in [4.78, 5) is 0. The Bertz CT molecular complexity index is 373. The molecule has 0 aromatic heterocycles. The van der Waals surface area contributed by atoms with Gasteiger partial charge in [0.2, 0.25) is 0 Å². The second-order valence-corrected chi connectivity index (χ2v) is 6.12. The van der Waals surface area contributed by atoms with Crippen LogP contribution < -0.4 is 5.32 Å². The fraction of sp³-hybridized carbons (Fsp3) is 0.467. The summed E-state index contributed by atoms with van der Waals surface area (Å²) in [6.45, 7) is 9.36. The molecule has 0 aliphatic rings. The van der Waals surface area contributed by atoms with Gasteiger partial charge in [0, 0.05) is 17.6 Å². The van der Waals surface area contributed by atoms with Crippen LogP contribution in [-0.2, 0) is 6.42 Å². The molecule has 1 atom stereocenters. The highest BCUT2D eigenvalue weighted by atomic mass is 79.9. The smallest absolute Gasteiger partial charge is 0.0914 e. The van der Waals surface area contributed by atoms with Crippen molar-refractivity contribution in [2.45, 2.75) is 26.4 Å². The van der Waals surface area contributed by atoms with Gasteiger partial charge in [-0.25, -0.2) is 0 Å². The first-order valence-corrected chi connectivity index (χ1v) is 7.09. The van der Waals surface area contributed by atoms with Gasteiger partial charge in [-0.2, -0.15) is 0 Å². The third-order valence-electron chi connectivity index (χ3n) is 2.66. The number of hydrogen-bond donors (Lipinski definition) is 2. The average molecular weight is 312 g/mol. The van der Waals surface area contributed by atoms with E-state index in [1.165, 1.54) is 5.56 Å². The highest BCUT2D eigenvalue weighted by Crippen LogP contribution is 2.15. The highest BCUT2D eigenvalue weighted by molar-refractivity contribution is 9.11. The van der Waals surface area contributed by atoms with Gasteiger partial charge in [0.1, 0.15) is 0 Å². The number of hydrogen-bond acceptors (Lipinski definition) is 2. The lowest BCUT2D eigenvalue weighted by Crippen LogP contribution is -2.22. The van der Waals surface area contributed by atoms with Crippen LogP contribution in [0.1, 0.15) is 31.1 Å². The molecule has 0 spiro atoms. The molecule has 0 saturated carbocycles. The van der Waals surface area contributed by atoms with Crippen LogP contribution in [0.2, 0.25) is 0 Å². The summed E-state index contributed by atoms with van der Waals surface area (Å²) in [5.41, 5.74) is 2.28. The van der Waals surface area contributed by atoms with Crippen LogP contribution in [0.25, 0.3) is 0 Å². The summed E-state index contributed by atoms with van der Waals surface area (Å²) >= 11 is 3.27. The van der Waals surface area contributed by atoms with E-state index in [9.17, 15) is 5.11 Å². The van der Waals surface area contributed by atoms with E-state index in [0.717, 1.165) is 16.5 Å². The van der Waals surface area contributed by atoms with Crippen LogP contribution in [0.5, 0.6) is 0 Å². The summed E-state index contributed by atoms with van der Waals surface area (Å²) in [5, 5.41) is 13.1. The second kappa shape index (κ2) is 7.72. The van der Waals surface area contributed by atoms with Crippen molar-refractivity contribution in [2.24, 2.45) is 5.92 Å². The molecule has 0 aliphatic heterocycles. The first-order chi connectivity index (χ1) is 8.49. The van der Waals surface area contributed by atoms with Crippen molar-refractivity contribution in [2.75, 3.05) is 13.1 Å². The van der Waals surface area contributed by atoms with Gasteiger partial charge in [0.05, 0.1) is 6.10 Å². The van der Waals surface area contributed by atoms with Crippen LogP contribution in [0.4, 0.5) is 0 Å². The number of aliphatic hydroxyl groups excluding tert-OH is 1. The van der Waals surface area contributed by atoms with Crippen molar-refractivity contribution in [3.8, 4) is 0 Å². The topological polar surface area (TPSA) is 32.3 Å². The number of rotatable bonds is 7. The van der Waals surface area contributed by atoms with Gasteiger partial charge in [-0.1, -0.05) is 60.6 Å². The normalized spacial score (nSPS) is 12.7. The number of benzene rings is 1. The Balaban J connectivity index is 2.48. The van der Waals surface area contributed by atoms with Gasteiger partial charge >= 0.3 is 0 Å².